The predicted octanol–water partition coefficient (Wildman–Crippen LogP) is 2.51. The minimum atomic E-state index is -4.32. The van der Waals surface area contributed by atoms with E-state index in [-0.39, 0.29) is 24.4 Å². The van der Waals surface area contributed by atoms with Crippen LogP contribution in [0.1, 0.15) is 18.9 Å². The third-order valence-corrected chi connectivity index (χ3v) is 3.69. The number of piperazine rings is 1. The number of anilines is 1. The molecule has 1 aromatic rings. The van der Waals surface area contributed by atoms with Gasteiger partial charge in [-0.3, -0.25) is 4.79 Å². The van der Waals surface area contributed by atoms with Gasteiger partial charge in [-0.25, -0.2) is 0 Å². The van der Waals surface area contributed by atoms with Gasteiger partial charge in [-0.05, 0) is 31.2 Å². The van der Waals surface area contributed by atoms with Crippen molar-refractivity contribution in [2.45, 2.75) is 25.6 Å². The first-order chi connectivity index (χ1) is 10.3. The lowest BCUT2D eigenvalue weighted by atomic mass is 10.1. The molecule has 8 heteroatoms. The van der Waals surface area contributed by atoms with Gasteiger partial charge in [0.15, 0.2) is 0 Å². The van der Waals surface area contributed by atoms with Gasteiger partial charge >= 0.3 is 6.18 Å². The van der Waals surface area contributed by atoms with Gasteiger partial charge in [-0.1, -0.05) is 0 Å². The van der Waals surface area contributed by atoms with Gasteiger partial charge in [0.1, 0.15) is 0 Å². The number of amides is 1. The van der Waals surface area contributed by atoms with Gasteiger partial charge < -0.3 is 15.5 Å². The van der Waals surface area contributed by atoms with E-state index in [2.05, 4.69) is 0 Å². The Morgan fingerprint density at radius 2 is 1.70 bits per heavy atom. The van der Waals surface area contributed by atoms with E-state index in [1.807, 2.05) is 4.90 Å². The molecule has 1 fully saturated rings. The van der Waals surface area contributed by atoms with Gasteiger partial charge in [0.05, 0.1) is 5.56 Å². The van der Waals surface area contributed by atoms with Crippen LogP contribution in [0.5, 0.6) is 0 Å². The summed E-state index contributed by atoms with van der Waals surface area (Å²) in [5.41, 5.74) is 5.71. The van der Waals surface area contributed by atoms with E-state index in [9.17, 15) is 18.0 Å². The Labute approximate surface area is 139 Å². The Hall–Kier alpha value is -1.47. The molecular formula is C15H21ClF3N3O. The molecule has 1 unspecified atom stereocenters. The van der Waals surface area contributed by atoms with Gasteiger partial charge in [0.2, 0.25) is 5.91 Å². The smallest absolute Gasteiger partial charge is 0.368 e. The maximum absolute atomic E-state index is 12.5. The van der Waals surface area contributed by atoms with Crippen LogP contribution in [0.25, 0.3) is 0 Å². The lowest BCUT2D eigenvalue weighted by molar-refractivity contribution is -0.137. The summed E-state index contributed by atoms with van der Waals surface area (Å²) in [5.74, 6) is 0.0297. The van der Waals surface area contributed by atoms with Crippen LogP contribution in [0.15, 0.2) is 24.3 Å². The van der Waals surface area contributed by atoms with Crippen molar-refractivity contribution in [3.63, 3.8) is 0 Å². The summed E-state index contributed by atoms with van der Waals surface area (Å²) in [6.45, 7) is 4.13. The van der Waals surface area contributed by atoms with Crippen LogP contribution < -0.4 is 10.6 Å². The number of nitrogens with zero attached hydrogens (tertiary/aromatic N) is 2. The highest BCUT2D eigenvalue weighted by Crippen LogP contribution is 2.30. The van der Waals surface area contributed by atoms with Crippen LogP contribution in [0.2, 0.25) is 0 Å². The third-order valence-electron chi connectivity index (χ3n) is 3.69. The number of carbonyl (C=O) groups is 1. The molecule has 1 atom stereocenters. The maximum Gasteiger partial charge on any atom is 0.416 e. The summed E-state index contributed by atoms with van der Waals surface area (Å²) in [7, 11) is 0. The van der Waals surface area contributed by atoms with Gasteiger partial charge in [-0.2, -0.15) is 13.2 Å². The first-order valence-corrected chi connectivity index (χ1v) is 7.23. The molecule has 0 aromatic heterocycles. The molecule has 1 saturated heterocycles. The summed E-state index contributed by atoms with van der Waals surface area (Å²) in [4.78, 5) is 15.6. The number of nitrogens with two attached hydrogens (primary N) is 1. The fraction of sp³-hybridized carbons (Fsp3) is 0.533. The SMILES string of the molecule is CC(N)CC(=O)N1CCN(c2ccc(C(F)(F)F)cc2)CC1.Cl. The van der Waals surface area contributed by atoms with Crippen molar-refractivity contribution in [2.75, 3.05) is 31.1 Å². The summed E-state index contributed by atoms with van der Waals surface area (Å²) in [6.07, 6.45) is -4.00. The highest BCUT2D eigenvalue weighted by Gasteiger charge is 2.30. The Kier molecular flexibility index (Phi) is 6.70. The number of rotatable bonds is 3. The molecule has 4 nitrogen and oxygen atoms in total. The van der Waals surface area contributed by atoms with Gasteiger partial charge in [0, 0.05) is 44.3 Å². The van der Waals surface area contributed by atoms with E-state index < -0.39 is 11.7 Å². The van der Waals surface area contributed by atoms with Crippen molar-refractivity contribution >= 4 is 24.0 Å². The molecular weight excluding hydrogens is 331 g/mol. The molecule has 130 valence electrons. The number of hydrogen-bond donors (Lipinski definition) is 1. The van der Waals surface area contributed by atoms with Gasteiger partial charge in [0.25, 0.3) is 0 Å². The normalized spacial score (nSPS) is 16.7. The number of alkyl halides is 3. The lowest BCUT2D eigenvalue weighted by Gasteiger charge is -2.36. The van der Waals surface area contributed by atoms with E-state index >= 15 is 0 Å². The number of carbonyl (C=O) groups excluding carboxylic acids is 1. The van der Waals surface area contributed by atoms with Crippen LogP contribution in [0.3, 0.4) is 0 Å². The standard InChI is InChI=1S/C15H20F3N3O.ClH/c1-11(19)10-14(22)21-8-6-20(7-9-21)13-4-2-12(3-5-13)15(16,17)18;/h2-5,11H,6-10,19H2,1H3;1H. The van der Waals surface area contributed by atoms with Crippen LogP contribution in [0, 0.1) is 0 Å². The molecule has 0 saturated carbocycles. The second kappa shape index (κ2) is 7.88. The van der Waals surface area contributed by atoms with Crippen LogP contribution in [-0.4, -0.2) is 43.0 Å². The second-order valence-corrected chi connectivity index (χ2v) is 5.59. The Bertz CT molecular complexity index is 512. The van der Waals surface area contributed by atoms with Crippen LogP contribution in [-0.2, 0) is 11.0 Å². The predicted molar refractivity (Wildman–Crippen MR) is 85.8 cm³/mol. The maximum atomic E-state index is 12.5. The molecule has 2 rings (SSSR count). The average Bonchev–Trinajstić information content (AvgIpc) is 2.46. The van der Waals surface area contributed by atoms with Crippen molar-refractivity contribution in [1.82, 2.24) is 4.90 Å². The molecule has 1 aromatic carbocycles. The molecule has 0 radical (unpaired) electrons. The van der Waals surface area contributed by atoms with Crippen LogP contribution >= 0.6 is 12.4 Å². The van der Waals surface area contributed by atoms with Gasteiger partial charge in [-0.15, -0.1) is 12.4 Å². The fourth-order valence-corrected chi connectivity index (χ4v) is 2.48. The summed E-state index contributed by atoms with van der Waals surface area (Å²) >= 11 is 0. The molecule has 0 bridgehead atoms. The second-order valence-electron chi connectivity index (χ2n) is 5.59. The first-order valence-electron chi connectivity index (χ1n) is 7.23. The summed E-state index contributed by atoms with van der Waals surface area (Å²) in [6, 6.07) is 4.96. The van der Waals surface area contributed by atoms with E-state index in [4.69, 9.17) is 5.73 Å². The first kappa shape index (κ1) is 19.6. The minimum absolute atomic E-state index is 0. The zero-order valence-electron chi connectivity index (χ0n) is 12.8. The Morgan fingerprint density at radius 3 is 2.13 bits per heavy atom. The van der Waals surface area contributed by atoms with E-state index in [0.29, 0.717) is 32.6 Å². The Balaban J connectivity index is 0.00000264. The van der Waals surface area contributed by atoms with E-state index in [1.54, 1.807) is 11.8 Å². The third kappa shape index (κ3) is 5.28. The molecule has 2 N–H and O–H groups in total. The highest BCUT2D eigenvalue weighted by atomic mass is 35.5. The van der Waals surface area contributed by atoms with Crippen molar-refractivity contribution in [3.8, 4) is 0 Å². The van der Waals surface area contributed by atoms with Crippen LogP contribution in [0.4, 0.5) is 18.9 Å². The van der Waals surface area contributed by atoms with Crippen molar-refractivity contribution in [2.24, 2.45) is 5.73 Å². The van der Waals surface area contributed by atoms with E-state index in [0.717, 1.165) is 17.8 Å². The number of halogens is 4. The molecule has 1 aliphatic rings. The zero-order valence-corrected chi connectivity index (χ0v) is 13.7. The number of hydrogen-bond acceptors (Lipinski definition) is 3. The Morgan fingerprint density at radius 1 is 1.17 bits per heavy atom. The van der Waals surface area contributed by atoms with Crippen molar-refractivity contribution < 1.29 is 18.0 Å². The molecule has 0 aliphatic carbocycles. The topological polar surface area (TPSA) is 49.6 Å². The minimum Gasteiger partial charge on any atom is -0.368 e. The largest absolute Gasteiger partial charge is 0.416 e. The highest BCUT2D eigenvalue weighted by molar-refractivity contribution is 5.85. The van der Waals surface area contributed by atoms with Crippen molar-refractivity contribution in [3.05, 3.63) is 29.8 Å². The monoisotopic (exact) mass is 351 g/mol. The summed E-state index contributed by atoms with van der Waals surface area (Å²) in [5, 5.41) is 0. The average molecular weight is 352 g/mol. The fourth-order valence-electron chi connectivity index (χ4n) is 2.48. The molecule has 0 spiro atoms. The number of benzene rings is 1. The molecule has 1 aliphatic heterocycles. The zero-order chi connectivity index (χ0) is 16.3. The van der Waals surface area contributed by atoms with Crippen molar-refractivity contribution in [1.29, 1.82) is 0 Å². The van der Waals surface area contributed by atoms with E-state index in [1.165, 1.54) is 12.1 Å². The quantitative estimate of drug-likeness (QED) is 0.910. The lowest BCUT2D eigenvalue weighted by Crippen LogP contribution is -2.49. The molecule has 23 heavy (non-hydrogen) atoms. The summed E-state index contributed by atoms with van der Waals surface area (Å²) < 4.78 is 37.6. The molecule has 1 amide bonds. The molecule has 1 heterocycles.